The second kappa shape index (κ2) is 8.99. The predicted molar refractivity (Wildman–Crippen MR) is 137 cm³/mol. The lowest BCUT2D eigenvalue weighted by atomic mass is 10.0. The highest BCUT2D eigenvalue weighted by atomic mass is 16.5. The van der Waals surface area contributed by atoms with Crippen LogP contribution in [-0.4, -0.2) is 42.6 Å². The molecule has 5 rings (SSSR count). The number of aromatic nitrogens is 1. The Bertz CT molecular complexity index is 1320. The molecule has 174 valence electrons. The van der Waals surface area contributed by atoms with Gasteiger partial charge in [0.2, 0.25) is 0 Å². The van der Waals surface area contributed by atoms with Gasteiger partial charge < -0.3 is 19.5 Å². The second-order valence-electron chi connectivity index (χ2n) is 9.43. The lowest BCUT2D eigenvalue weighted by molar-refractivity contribution is 0.0930. The fourth-order valence-electron chi connectivity index (χ4n) is 4.52. The van der Waals surface area contributed by atoms with Crippen molar-refractivity contribution in [1.82, 2.24) is 14.8 Å². The molecule has 34 heavy (non-hydrogen) atoms. The van der Waals surface area contributed by atoms with E-state index in [9.17, 15) is 4.79 Å². The third-order valence-electron chi connectivity index (χ3n) is 6.63. The van der Waals surface area contributed by atoms with Crippen LogP contribution in [0.1, 0.15) is 34.3 Å². The van der Waals surface area contributed by atoms with Gasteiger partial charge in [0.15, 0.2) is 0 Å². The molecule has 0 atom stereocenters. The predicted octanol–water partition coefficient (Wildman–Crippen LogP) is 5.30. The van der Waals surface area contributed by atoms with Crippen LogP contribution in [0.4, 0.5) is 0 Å². The van der Waals surface area contributed by atoms with Gasteiger partial charge in [-0.05, 0) is 69.8 Å². The summed E-state index contributed by atoms with van der Waals surface area (Å²) in [7, 11) is 4.03. The molecular formula is C29H31N3O2. The highest BCUT2D eigenvalue weighted by molar-refractivity contribution is 5.97. The molecule has 1 aliphatic carbocycles. The molecule has 0 spiro atoms. The number of likely N-dealkylation sites (N-methyl/N-ethyl adjacent to an activating group) is 1. The number of para-hydroxylation sites is 2. The lowest BCUT2D eigenvalue weighted by Crippen LogP contribution is -2.35. The van der Waals surface area contributed by atoms with E-state index in [0.29, 0.717) is 12.2 Å². The normalized spacial score (nSPS) is 14.4. The van der Waals surface area contributed by atoms with Gasteiger partial charge in [-0.25, -0.2) is 0 Å². The van der Waals surface area contributed by atoms with Crippen molar-refractivity contribution in [2.75, 3.05) is 27.2 Å². The Labute approximate surface area is 201 Å². The van der Waals surface area contributed by atoms with Crippen molar-refractivity contribution in [1.29, 1.82) is 0 Å². The quantitative estimate of drug-likeness (QED) is 0.394. The second-order valence-corrected chi connectivity index (χ2v) is 9.43. The van der Waals surface area contributed by atoms with Crippen molar-refractivity contribution in [3.8, 4) is 11.4 Å². The summed E-state index contributed by atoms with van der Waals surface area (Å²) in [6.07, 6.45) is 4.06. The molecule has 1 saturated carbocycles. The van der Waals surface area contributed by atoms with E-state index in [1.54, 1.807) is 0 Å². The van der Waals surface area contributed by atoms with Gasteiger partial charge in [-0.15, -0.1) is 0 Å². The van der Waals surface area contributed by atoms with E-state index >= 15 is 0 Å². The maximum absolute atomic E-state index is 13.5. The molecule has 3 aromatic carbocycles. The van der Waals surface area contributed by atoms with Crippen molar-refractivity contribution in [3.05, 3.63) is 95.7 Å². The molecule has 0 bridgehead atoms. The molecule has 5 heteroatoms. The highest BCUT2D eigenvalue weighted by Crippen LogP contribution is 2.49. The molecular weight excluding hydrogens is 422 g/mol. The summed E-state index contributed by atoms with van der Waals surface area (Å²) in [5.41, 5.74) is 4.71. The van der Waals surface area contributed by atoms with Crippen LogP contribution in [0.5, 0.6) is 5.75 Å². The number of carbonyl (C=O) groups is 1. The fraction of sp³-hybridized carbons (Fsp3) is 0.276. The van der Waals surface area contributed by atoms with Crippen LogP contribution in [0.15, 0.2) is 79.0 Å². The fourth-order valence-corrected chi connectivity index (χ4v) is 4.52. The maximum atomic E-state index is 13.5. The maximum Gasteiger partial charge on any atom is 0.252 e. The molecule has 4 aromatic rings. The molecule has 1 fully saturated rings. The molecule has 0 aliphatic heterocycles. The first-order chi connectivity index (χ1) is 16.5. The van der Waals surface area contributed by atoms with Crippen LogP contribution >= 0.6 is 0 Å². The van der Waals surface area contributed by atoms with Gasteiger partial charge in [0.25, 0.3) is 5.91 Å². The topological polar surface area (TPSA) is 46.5 Å². The van der Waals surface area contributed by atoms with Gasteiger partial charge in [0, 0.05) is 34.9 Å². The molecule has 1 N–H and O–H groups in total. The Morgan fingerprint density at radius 1 is 1.03 bits per heavy atom. The molecule has 1 aliphatic rings. The number of amides is 1. The van der Waals surface area contributed by atoms with E-state index in [2.05, 4.69) is 69.5 Å². The Hall–Kier alpha value is -3.57. The summed E-state index contributed by atoms with van der Waals surface area (Å²) in [4.78, 5) is 15.5. The van der Waals surface area contributed by atoms with Gasteiger partial charge in [-0.3, -0.25) is 4.79 Å². The minimum Gasteiger partial charge on any atom is -0.492 e. The standard InChI is InChI=1S/C29H31N3O2/c1-21-13-14-23(34-18-17-31(2)3)19-25(21)28(33)30-29(15-16-29)26-20-32(22-9-5-4-6-10-22)27-12-8-7-11-24(26)27/h4-14,19-20H,15-18H2,1-3H3,(H,30,33). The number of hydrogen-bond acceptors (Lipinski definition) is 3. The van der Waals surface area contributed by atoms with Gasteiger partial charge >= 0.3 is 0 Å². The number of nitrogens with one attached hydrogen (secondary N) is 1. The van der Waals surface area contributed by atoms with Crippen LogP contribution in [0.3, 0.4) is 0 Å². The first kappa shape index (κ1) is 22.2. The molecule has 1 aromatic heterocycles. The highest BCUT2D eigenvalue weighted by Gasteiger charge is 2.47. The molecule has 1 amide bonds. The molecule has 5 nitrogen and oxygen atoms in total. The van der Waals surface area contributed by atoms with Gasteiger partial charge in [0.05, 0.1) is 11.1 Å². The summed E-state index contributed by atoms with van der Waals surface area (Å²) in [5.74, 6) is 0.674. The van der Waals surface area contributed by atoms with Crippen LogP contribution < -0.4 is 10.1 Å². The van der Waals surface area contributed by atoms with Crippen molar-refractivity contribution < 1.29 is 9.53 Å². The molecule has 1 heterocycles. The number of ether oxygens (including phenoxy) is 1. The van der Waals surface area contributed by atoms with Crippen LogP contribution in [0.2, 0.25) is 0 Å². The van der Waals surface area contributed by atoms with Gasteiger partial charge in [-0.1, -0.05) is 42.5 Å². The van der Waals surface area contributed by atoms with E-state index in [1.165, 1.54) is 10.9 Å². The summed E-state index contributed by atoms with van der Waals surface area (Å²) < 4.78 is 8.10. The van der Waals surface area contributed by atoms with Crippen molar-refractivity contribution in [2.45, 2.75) is 25.3 Å². The van der Waals surface area contributed by atoms with Gasteiger partial charge in [-0.2, -0.15) is 0 Å². The van der Waals surface area contributed by atoms with E-state index in [-0.39, 0.29) is 11.4 Å². The molecule has 0 unspecified atom stereocenters. The number of nitrogens with zero attached hydrogens (tertiary/aromatic N) is 2. The minimum atomic E-state index is -0.342. The van der Waals surface area contributed by atoms with Crippen molar-refractivity contribution >= 4 is 16.8 Å². The first-order valence-electron chi connectivity index (χ1n) is 11.8. The van der Waals surface area contributed by atoms with E-state index < -0.39 is 0 Å². The Kier molecular flexibility index (Phi) is 5.88. The Balaban J connectivity index is 1.44. The van der Waals surface area contributed by atoms with Crippen LogP contribution in [-0.2, 0) is 5.54 Å². The van der Waals surface area contributed by atoms with E-state index in [4.69, 9.17) is 4.74 Å². The monoisotopic (exact) mass is 453 g/mol. The average molecular weight is 454 g/mol. The van der Waals surface area contributed by atoms with E-state index in [0.717, 1.165) is 41.9 Å². The number of aryl methyl sites for hydroxylation is 1. The SMILES string of the molecule is Cc1ccc(OCCN(C)C)cc1C(=O)NC1(c2cn(-c3ccccc3)c3ccccc23)CC1. The smallest absolute Gasteiger partial charge is 0.252 e. The number of fused-ring (bicyclic) bond motifs is 1. The zero-order valence-electron chi connectivity index (χ0n) is 20.0. The first-order valence-corrected chi connectivity index (χ1v) is 11.8. The average Bonchev–Trinajstić information content (AvgIpc) is 3.50. The number of benzene rings is 3. The summed E-state index contributed by atoms with van der Waals surface area (Å²) in [6.45, 7) is 3.38. The van der Waals surface area contributed by atoms with E-state index in [1.807, 2.05) is 45.3 Å². The Morgan fingerprint density at radius 2 is 1.76 bits per heavy atom. The van der Waals surface area contributed by atoms with Crippen LogP contribution in [0.25, 0.3) is 16.6 Å². The third kappa shape index (κ3) is 4.31. The number of rotatable bonds is 8. The summed E-state index contributed by atoms with van der Waals surface area (Å²) >= 11 is 0. The third-order valence-corrected chi connectivity index (χ3v) is 6.63. The zero-order chi connectivity index (χ0) is 23.7. The van der Waals surface area contributed by atoms with Crippen molar-refractivity contribution in [2.24, 2.45) is 0 Å². The Morgan fingerprint density at radius 3 is 2.50 bits per heavy atom. The number of hydrogen-bond donors (Lipinski definition) is 1. The summed E-state index contributed by atoms with van der Waals surface area (Å²) in [5, 5.41) is 4.57. The van der Waals surface area contributed by atoms with Crippen LogP contribution in [0, 0.1) is 6.92 Å². The van der Waals surface area contributed by atoms with Gasteiger partial charge in [0.1, 0.15) is 12.4 Å². The molecule has 0 radical (unpaired) electrons. The molecule has 0 saturated heterocycles. The summed E-state index contributed by atoms with van der Waals surface area (Å²) in [6, 6.07) is 24.5. The zero-order valence-corrected chi connectivity index (χ0v) is 20.0. The lowest BCUT2D eigenvalue weighted by Gasteiger charge is -2.19. The van der Waals surface area contributed by atoms with Crippen molar-refractivity contribution in [3.63, 3.8) is 0 Å². The minimum absolute atomic E-state index is 0.0513. The number of carbonyl (C=O) groups excluding carboxylic acids is 1. The largest absolute Gasteiger partial charge is 0.492 e.